The zero-order chi connectivity index (χ0) is 68.0. The quantitative estimate of drug-likeness (QED) is 0.0267. The molecule has 5 aromatic carbocycles. The molecule has 2 saturated heterocycles. The SMILES string of the molecule is O=C(O)CCOCCOCCOCCNC(=O)[C@H](CO)NC(=O)CNC(=O)COc1cc(C(=O)N2C[C@@H](C(=O)N[C@H]3C[C@@H]3c3ccccc3)[C@H](C(=O)N[C@H]3C[C@@H]3c3ccccc3)C2)ccc1C(=O)N1C[C@@H](C(=O)N[C@H]2C[C@@H]2c2ccccc2)[C@H](C(=O)N[C@H]2C[C@@H]2c2ccccc2)C1. The fraction of sp³-hybridized carbons (Fsp3) is 0.444. The van der Waals surface area contributed by atoms with Gasteiger partial charge in [-0.15, -0.1) is 0 Å². The van der Waals surface area contributed by atoms with Gasteiger partial charge in [0.1, 0.15) is 11.8 Å². The lowest BCUT2D eigenvalue weighted by Crippen LogP contribution is -2.52. The van der Waals surface area contributed by atoms with Crippen LogP contribution in [0.3, 0.4) is 0 Å². The van der Waals surface area contributed by atoms with Gasteiger partial charge in [0.2, 0.25) is 35.4 Å². The lowest BCUT2D eigenvalue weighted by Gasteiger charge is -2.21. The van der Waals surface area contributed by atoms with Gasteiger partial charge < -0.3 is 76.2 Å². The molecule has 9 N–H and O–H groups in total. The van der Waals surface area contributed by atoms with E-state index in [1.807, 2.05) is 121 Å². The van der Waals surface area contributed by atoms with Gasteiger partial charge in [0, 0.05) is 86.1 Å². The van der Waals surface area contributed by atoms with Crippen LogP contribution in [-0.2, 0) is 52.6 Å². The Hall–Kier alpha value is -9.56. The van der Waals surface area contributed by atoms with E-state index in [4.69, 9.17) is 24.1 Å². The Balaban J connectivity index is 0.770. The number of benzene rings is 5. The highest BCUT2D eigenvalue weighted by Crippen LogP contribution is 2.45. The molecule has 11 rings (SSSR count). The number of carboxylic acid groups (broad SMARTS) is 1. The molecular formula is C72H83N9O16. The van der Waals surface area contributed by atoms with Gasteiger partial charge in [0.05, 0.1) is 88.4 Å². The summed E-state index contributed by atoms with van der Waals surface area (Å²) in [6.07, 6.45) is 2.72. The summed E-state index contributed by atoms with van der Waals surface area (Å²) in [6.45, 7) is -1.86. The second-order valence-corrected chi connectivity index (χ2v) is 25.7. The van der Waals surface area contributed by atoms with Gasteiger partial charge in [-0.3, -0.25) is 47.9 Å². The van der Waals surface area contributed by atoms with E-state index < -0.39 is 85.0 Å². The monoisotopic (exact) mass is 1330 g/mol. The molecule has 6 fully saturated rings. The minimum Gasteiger partial charge on any atom is -0.483 e. The smallest absolute Gasteiger partial charge is 0.305 e. The van der Waals surface area contributed by atoms with Gasteiger partial charge in [-0.1, -0.05) is 121 Å². The molecule has 2 aliphatic heterocycles. The van der Waals surface area contributed by atoms with Crippen LogP contribution in [0.2, 0.25) is 0 Å². The van der Waals surface area contributed by atoms with Crippen LogP contribution in [-0.4, -0.2) is 201 Å². The number of aliphatic hydroxyl groups excluding tert-OH is 1. The van der Waals surface area contributed by atoms with Crippen molar-refractivity contribution < 1.29 is 77.1 Å². The zero-order valence-electron chi connectivity index (χ0n) is 53.7. The van der Waals surface area contributed by atoms with Gasteiger partial charge in [0.25, 0.3) is 17.7 Å². The minimum absolute atomic E-state index is 0.0160. The van der Waals surface area contributed by atoms with Crippen LogP contribution in [0.1, 0.15) is 98.7 Å². The number of ether oxygens (including phenoxy) is 4. The number of aliphatic hydroxyl groups is 1. The Bertz CT molecular complexity index is 3480. The van der Waals surface area contributed by atoms with Crippen molar-refractivity contribution in [2.45, 2.75) is 86.0 Å². The molecule has 2 heterocycles. The third-order valence-corrected chi connectivity index (χ3v) is 18.8. The Kier molecular flexibility index (Phi) is 23.0. The molecule has 25 nitrogen and oxygen atoms in total. The topological polar surface area (TPSA) is 339 Å². The molecule has 0 spiro atoms. The van der Waals surface area contributed by atoms with E-state index in [-0.39, 0.29) is 167 Å². The average Bonchev–Trinajstić information content (AvgIpc) is 1.66. The van der Waals surface area contributed by atoms with E-state index in [0.717, 1.165) is 22.3 Å². The number of rotatable bonds is 34. The summed E-state index contributed by atoms with van der Waals surface area (Å²) in [6, 6.07) is 41.2. The highest BCUT2D eigenvalue weighted by Gasteiger charge is 2.51. The Morgan fingerprint density at radius 3 is 1.26 bits per heavy atom. The van der Waals surface area contributed by atoms with Crippen LogP contribution >= 0.6 is 0 Å². The first-order valence-electron chi connectivity index (χ1n) is 33.3. The molecule has 25 heteroatoms. The first kappa shape index (κ1) is 68.8. The largest absolute Gasteiger partial charge is 0.483 e. The minimum atomic E-state index is -1.40. The van der Waals surface area contributed by atoms with E-state index in [1.54, 1.807) is 0 Å². The number of aliphatic carboxylic acids is 1. The maximum atomic E-state index is 15.1. The number of hydrogen-bond donors (Lipinski definition) is 9. The van der Waals surface area contributed by atoms with E-state index in [1.165, 1.54) is 28.0 Å². The summed E-state index contributed by atoms with van der Waals surface area (Å²) in [7, 11) is 0. The standard InChI is InChI=1S/C72H83N9O16/c82-41-61(70(91)73-24-26-95-28-30-96-29-27-94-25-23-65(85)86)75-63(83)36-74-64(84)42-97-62-31-47(71(92)80-37-53(66(87)76-57-32-49(57)43-13-5-1-6-14-43)54(38-80)67(88)77-58-33-50(58)44-15-7-2-8-16-44)21-22-48(62)72(93)81-39-55(68(89)78-59-34-51(59)45-17-9-3-10-18-45)56(40-81)69(90)79-60-35-52(60)46-19-11-4-12-20-46/h1-22,31,49-61,82H,23-30,32-42H2,(H,73,91)(H,74,84)(H,75,83)(H,76,87)(H,77,88)(H,78,89)(H,79,90)(H,85,86)/t49-,50-,51-,52-,53-,54-,55-,56-,57+,58+,59+,60+,61+/m1/s1. The summed E-state index contributed by atoms with van der Waals surface area (Å²) >= 11 is 0. The fourth-order valence-electron chi connectivity index (χ4n) is 13.0. The molecule has 6 aliphatic rings. The highest BCUT2D eigenvalue weighted by atomic mass is 16.5. The summed E-state index contributed by atoms with van der Waals surface area (Å²) in [4.78, 5) is 141. The van der Waals surface area contributed by atoms with Gasteiger partial charge in [-0.25, -0.2) is 0 Å². The Morgan fingerprint density at radius 1 is 0.464 bits per heavy atom. The van der Waals surface area contributed by atoms with Crippen LogP contribution in [0, 0.1) is 23.7 Å². The number of nitrogens with one attached hydrogen (secondary N) is 7. The normalized spacial score (nSPS) is 24.3. The number of hydrogen-bond acceptors (Lipinski definition) is 15. The van der Waals surface area contributed by atoms with Crippen molar-refractivity contribution in [1.29, 1.82) is 0 Å². The van der Waals surface area contributed by atoms with Crippen molar-refractivity contribution in [3.8, 4) is 5.75 Å². The van der Waals surface area contributed by atoms with Gasteiger partial charge >= 0.3 is 5.97 Å². The molecule has 0 radical (unpaired) electrons. The van der Waals surface area contributed by atoms with Gasteiger partial charge in [0.15, 0.2) is 6.61 Å². The van der Waals surface area contributed by atoms with E-state index in [0.29, 0.717) is 25.7 Å². The van der Waals surface area contributed by atoms with Crippen molar-refractivity contribution in [3.05, 3.63) is 173 Å². The maximum absolute atomic E-state index is 15.1. The van der Waals surface area contributed by atoms with Crippen molar-refractivity contribution in [2.24, 2.45) is 23.7 Å². The zero-order valence-corrected chi connectivity index (χ0v) is 53.7. The molecule has 4 saturated carbocycles. The van der Waals surface area contributed by atoms with Crippen molar-refractivity contribution in [3.63, 3.8) is 0 Å². The molecule has 0 bridgehead atoms. The number of carbonyl (C=O) groups excluding carboxylic acids is 9. The average molecular weight is 1330 g/mol. The Labute approximate surface area is 561 Å². The van der Waals surface area contributed by atoms with Crippen LogP contribution in [0.25, 0.3) is 0 Å². The number of nitrogens with zero attached hydrogens (tertiary/aromatic N) is 2. The molecule has 5 aromatic rings. The first-order chi connectivity index (χ1) is 47.1. The summed E-state index contributed by atoms with van der Waals surface area (Å²) in [5, 5.41) is 38.6. The number of amides is 9. The van der Waals surface area contributed by atoms with E-state index in [2.05, 4.69) is 37.2 Å². The predicted molar refractivity (Wildman–Crippen MR) is 350 cm³/mol. The Morgan fingerprint density at radius 2 is 0.856 bits per heavy atom. The molecular weight excluding hydrogens is 1250 g/mol. The van der Waals surface area contributed by atoms with Crippen molar-refractivity contribution in [2.75, 3.05) is 92.1 Å². The summed E-state index contributed by atoms with van der Waals surface area (Å²) in [5.41, 5.74) is 4.16. The number of likely N-dealkylation sites (tertiary alicyclic amines) is 2. The lowest BCUT2D eigenvalue weighted by molar-refractivity contribution is -0.138. The van der Waals surface area contributed by atoms with Crippen LogP contribution in [0.5, 0.6) is 5.75 Å². The van der Waals surface area contributed by atoms with Crippen molar-refractivity contribution in [1.82, 2.24) is 47.0 Å². The summed E-state index contributed by atoms with van der Waals surface area (Å²) in [5.74, 6) is -9.86. The van der Waals surface area contributed by atoms with Crippen LogP contribution in [0.15, 0.2) is 140 Å². The third kappa shape index (κ3) is 18.5. The first-order valence-corrected chi connectivity index (χ1v) is 33.3. The fourth-order valence-corrected chi connectivity index (χ4v) is 13.0. The van der Waals surface area contributed by atoms with Crippen LogP contribution in [0.4, 0.5) is 0 Å². The molecule has 13 atom stereocenters. The van der Waals surface area contributed by atoms with E-state index >= 15 is 4.79 Å². The maximum Gasteiger partial charge on any atom is 0.305 e. The lowest BCUT2D eigenvalue weighted by atomic mass is 9.94. The second kappa shape index (κ2) is 32.5. The molecule has 97 heavy (non-hydrogen) atoms. The highest BCUT2D eigenvalue weighted by molar-refractivity contribution is 6.02. The van der Waals surface area contributed by atoms with E-state index in [9.17, 15) is 48.3 Å². The molecule has 512 valence electrons. The number of carbonyl (C=O) groups is 10. The van der Waals surface area contributed by atoms with Gasteiger partial charge in [-0.05, 0) is 66.1 Å². The van der Waals surface area contributed by atoms with Crippen LogP contribution < -0.4 is 42.0 Å². The molecule has 0 aromatic heterocycles. The molecule has 0 unspecified atom stereocenters. The summed E-state index contributed by atoms with van der Waals surface area (Å²) < 4.78 is 22.1. The van der Waals surface area contributed by atoms with Crippen molar-refractivity contribution >= 4 is 59.1 Å². The molecule has 4 aliphatic carbocycles. The molecule has 9 amide bonds. The predicted octanol–water partition coefficient (Wildman–Crippen LogP) is 2.37. The number of carboxylic acids is 1. The second-order valence-electron chi connectivity index (χ2n) is 25.7. The third-order valence-electron chi connectivity index (χ3n) is 18.8. The van der Waals surface area contributed by atoms with Gasteiger partial charge in [-0.2, -0.15) is 0 Å².